The van der Waals surface area contributed by atoms with E-state index in [1.54, 1.807) is 23.0 Å². The zero-order valence-electron chi connectivity index (χ0n) is 11.3. The maximum absolute atomic E-state index is 11.9. The quantitative estimate of drug-likeness (QED) is 0.851. The minimum atomic E-state index is -0.287. The second-order valence-corrected chi connectivity index (χ2v) is 4.76. The lowest BCUT2D eigenvalue weighted by molar-refractivity contribution is 0.248. The summed E-state index contributed by atoms with van der Waals surface area (Å²) in [5.74, 6) is 0. The summed E-state index contributed by atoms with van der Waals surface area (Å²) < 4.78 is 1.71. The SMILES string of the molecule is CC[C@H](NC(=O)Nc1ccc(Cl)nc1)c1cnn(C)c1. The number of nitrogens with one attached hydrogen (secondary N) is 2. The molecule has 0 aromatic carbocycles. The molecule has 0 bridgehead atoms. The molecule has 20 heavy (non-hydrogen) atoms. The van der Waals surface area contributed by atoms with Gasteiger partial charge in [-0.05, 0) is 18.6 Å². The molecule has 0 unspecified atom stereocenters. The van der Waals surface area contributed by atoms with Gasteiger partial charge in [-0.1, -0.05) is 18.5 Å². The molecule has 0 spiro atoms. The Kier molecular flexibility index (Phi) is 4.57. The van der Waals surface area contributed by atoms with E-state index < -0.39 is 0 Å². The Morgan fingerprint density at radius 1 is 1.45 bits per heavy atom. The van der Waals surface area contributed by atoms with Crippen molar-refractivity contribution in [1.29, 1.82) is 0 Å². The van der Waals surface area contributed by atoms with Crippen LogP contribution in [-0.2, 0) is 7.05 Å². The van der Waals surface area contributed by atoms with Gasteiger partial charge in [-0.3, -0.25) is 4.68 Å². The van der Waals surface area contributed by atoms with Crippen molar-refractivity contribution in [3.63, 3.8) is 0 Å². The number of pyridine rings is 1. The van der Waals surface area contributed by atoms with Gasteiger partial charge in [0.15, 0.2) is 0 Å². The van der Waals surface area contributed by atoms with Crippen molar-refractivity contribution in [2.75, 3.05) is 5.32 Å². The molecule has 2 aromatic rings. The summed E-state index contributed by atoms with van der Waals surface area (Å²) >= 11 is 5.69. The van der Waals surface area contributed by atoms with Gasteiger partial charge in [-0.15, -0.1) is 0 Å². The van der Waals surface area contributed by atoms with Crippen LogP contribution in [0.15, 0.2) is 30.7 Å². The van der Waals surface area contributed by atoms with E-state index in [4.69, 9.17) is 11.6 Å². The second-order valence-electron chi connectivity index (χ2n) is 4.38. The molecule has 2 rings (SSSR count). The molecule has 2 N–H and O–H groups in total. The molecule has 0 saturated carbocycles. The van der Waals surface area contributed by atoms with Crippen LogP contribution in [0.1, 0.15) is 24.9 Å². The first-order valence-corrected chi connectivity index (χ1v) is 6.64. The van der Waals surface area contributed by atoms with E-state index in [-0.39, 0.29) is 12.1 Å². The van der Waals surface area contributed by atoms with Crippen LogP contribution in [0.5, 0.6) is 0 Å². The second kappa shape index (κ2) is 6.38. The van der Waals surface area contributed by atoms with Gasteiger partial charge in [-0.2, -0.15) is 5.10 Å². The van der Waals surface area contributed by atoms with Crippen LogP contribution in [-0.4, -0.2) is 20.8 Å². The number of urea groups is 1. The number of carbonyl (C=O) groups excluding carboxylic acids is 1. The Morgan fingerprint density at radius 2 is 2.25 bits per heavy atom. The van der Waals surface area contributed by atoms with Crippen LogP contribution < -0.4 is 10.6 Å². The fraction of sp³-hybridized carbons (Fsp3) is 0.308. The Balaban J connectivity index is 1.97. The third-order valence-electron chi connectivity index (χ3n) is 2.83. The molecule has 7 heteroatoms. The molecule has 0 aliphatic rings. The normalized spacial score (nSPS) is 11.9. The van der Waals surface area contributed by atoms with Crippen LogP contribution in [0.25, 0.3) is 0 Å². The van der Waals surface area contributed by atoms with Crippen molar-refractivity contribution in [3.05, 3.63) is 41.4 Å². The number of aromatic nitrogens is 3. The number of hydrogen-bond donors (Lipinski definition) is 2. The fourth-order valence-electron chi connectivity index (χ4n) is 1.82. The minimum Gasteiger partial charge on any atom is -0.331 e. The van der Waals surface area contributed by atoms with Crippen LogP contribution in [0.3, 0.4) is 0 Å². The number of halogens is 1. The molecule has 2 aromatic heterocycles. The third-order valence-corrected chi connectivity index (χ3v) is 3.05. The molecule has 0 saturated heterocycles. The summed E-state index contributed by atoms with van der Waals surface area (Å²) in [4.78, 5) is 15.8. The van der Waals surface area contributed by atoms with Crippen molar-refractivity contribution in [3.8, 4) is 0 Å². The molecule has 2 heterocycles. The Morgan fingerprint density at radius 3 is 2.80 bits per heavy atom. The number of nitrogens with zero attached hydrogens (tertiary/aromatic N) is 3. The number of anilines is 1. The van der Waals surface area contributed by atoms with Crippen LogP contribution in [0.4, 0.5) is 10.5 Å². The minimum absolute atomic E-state index is 0.0797. The van der Waals surface area contributed by atoms with Crippen molar-refractivity contribution in [2.45, 2.75) is 19.4 Å². The highest BCUT2D eigenvalue weighted by atomic mass is 35.5. The smallest absolute Gasteiger partial charge is 0.319 e. The lowest BCUT2D eigenvalue weighted by atomic mass is 10.1. The first-order valence-electron chi connectivity index (χ1n) is 6.26. The molecule has 0 fully saturated rings. The van der Waals surface area contributed by atoms with Crippen LogP contribution in [0.2, 0.25) is 5.15 Å². The van der Waals surface area contributed by atoms with Crippen molar-refractivity contribution < 1.29 is 4.79 Å². The number of amides is 2. The van der Waals surface area contributed by atoms with Gasteiger partial charge in [0, 0.05) is 18.8 Å². The van der Waals surface area contributed by atoms with Gasteiger partial charge in [-0.25, -0.2) is 9.78 Å². The molecule has 0 aliphatic carbocycles. The van der Waals surface area contributed by atoms with Gasteiger partial charge in [0.25, 0.3) is 0 Å². The lowest BCUT2D eigenvalue weighted by Crippen LogP contribution is -2.32. The van der Waals surface area contributed by atoms with E-state index in [2.05, 4.69) is 20.7 Å². The van der Waals surface area contributed by atoms with Gasteiger partial charge in [0.05, 0.1) is 24.1 Å². The van der Waals surface area contributed by atoms with E-state index in [0.29, 0.717) is 10.8 Å². The van der Waals surface area contributed by atoms with Gasteiger partial charge < -0.3 is 10.6 Å². The summed E-state index contributed by atoms with van der Waals surface area (Å²) in [6, 6.07) is 2.95. The van der Waals surface area contributed by atoms with Crippen LogP contribution >= 0.6 is 11.6 Å². The van der Waals surface area contributed by atoms with Crippen molar-refractivity contribution in [1.82, 2.24) is 20.1 Å². The lowest BCUT2D eigenvalue weighted by Gasteiger charge is -2.16. The van der Waals surface area contributed by atoms with Gasteiger partial charge >= 0.3 is 6.03 Å². The molecule has 0 aliphatic heterocycles. The van der Waals surface area contributed by atoms with Gasteiger partial charge in [0.2, 0.25) is 0 Å². The fourth-order valence-corrected chi connectivity index (χ4v) is 1.93. The summed E-state index contributed by atoms with van der Waals surface area (Å²) in [6.07, 6.45) is 5.92. The van der Waals surface area contributed by atoms with Crippen molar-refractivity contribution >= 4 is 23.3 Å². The highest BCUT2D eigenvalue weighted by Crippen LogP contribution is 2.16. The highest BCUT2D eigenvalue weighted by molar-refractivity contribution is 6.29. The molecular weight excluding hydrogens is 278 g/mol. The molecule has 106 valence electrons. The highest BCUT2D eigenvalue weighted by Gasteiger charge is 2.14. The number of aryl methyl sites for hydroxylation is 1. The Bertz CT molecular complexity index is 581. The predicted molar refractivity (Wildman–Crippen MR) is 77.6 cm³/mol. The summed E-state index contributed by atoms with van der Waals surface area (Å²) in [5, 5.41) is 10.1. The van der Waals surface area contributed by atoms with Crippen LogP contribution in [0, 0.1) is 0 Å². The summed E-state index contributed by atoms with van der Waals surface area (Å²) in [7, 11) is 1.84. The van der Waals surface area contributed by atoms with E-state index >= 15 is 0 Å². The zero-order valence-corrected chi connectivity index (χ0v) is 12.1. The maximum atomic E-state index is 11.9. The summed E-state index contributed by atoms with van der Waals surface area (Å²) in [5.41, 5.74) is 1.56. The first-order chi connectivity index (χ1) is 9.58. The number of rotatable bonds is 4. The average Bonchev–Trinajstić information content (AvgIpc) is 2.85. The average molecular weight is 294 g/mol. The molecule has 6 nitrogen and oxygen atoms in total. The predicted octanol–water partition coefficient (Wildman–Crippen LogP) is 2.74. The zero-order chi connectivity index (χ0) is 14.5. The molecule has 0 radical (unpaired) electrons. The number of hydrogen-bond acceptors (Lipinski definition) is 3. The topological polar surface area (TPSA) is 71.8 Å². The van der Waals surface area contributed by atoms with E-state index in [9.17, 15) is 4.79 Å². The molecular formula is C13H16ClN5O. The molecule has 2 amide bonds. The Labute approximate surface area is 122 Å². The largest absolute Gasteiger partial charge is 0.331 e. The van der Waals surface area contributed by atoms with E-state index in [1.165, 1.54) is 6.20 Å². The van der Waals surface area contributed by atoms with E-state index in [1.807, 2.05) is 20.2 Å². The van der Waals surface area contributed by atoms with E-state index in [0.717, 1.165) is 12.0 Å². The standard InChI is InChI=1S/C13H16ClN5O/c1-3-11(9-6-16-19(2)8-9)18-13(20)17-10-4-5-12(14)15-7-10/h4-8,11H,3H2,1-2H3,(H2,17,18,20)/t11-/m0/s1. The monoisotopic (exact) mass is 293 g/mol. The number of carbonyl (C=O) groups is 1. The van der Waals surface area contributed by atoms with Crippen molar-refractivity contribution in [2.24, 2.45) is 7.05 Å². The third kappa shape index (κ3) is 3.71. The molecule has 1 atom stereocenters. The van der Waals surface area contributed by atoms with Gasteiger partial charge in [0.1, 0.15) is 5.15 Å². The summed E-state index contributed by atoms with van der Waals surface area (Å²) in [6.45, 7) is 2.00. The first kappa shape index (κ1) is 14.3. The maximum Gasteiger partial charge on any atom is 0.319 e. The Hall–Kier alpha value is -2.08.